The summed E-state index contributed by atoms with van der Waals surface area (Å²) in [5.41, 5.74) is -1.05. The summed E-state index contributed by atoms with van der Waals surface area (Å²) in [6.45, 7) is 1.51. The van der Waals surface area contributed by atoms with Gasteiger partial charge in [0.2, 0.25) is 0 Å². The Hall–Kier alpha value is -0.510. The standard InChI is InChI=1S/C8H11F3O/c1-7(12)4-2-6(3-5-7)8(9,10)11/h2,4,6,12H,3,5H2,1H3. The van der Waals surface area contributed by atoms with E-state index in [1.807, 2.05) is 0 Å². The van der Waals surface area contributed by atoms with Gasteiger partial charge in [0, 0.05) is 0 Å². The highest BCUT2D eigenvalue weighted by molar-refractivity contribution is 5.07. The van der Waals surface area contributed by atoms with Gasteiger partial charge in [-0.05, 0) is 19.8 Å². The Morgan fingerprint density at radius 3 is 2.42 bits per heavy atom. The van der Waals surface area contributed by atoms with E-state index in [0.29, 0.717) is 0 Å². The van der Waals surface area contributed by atoms with Gasteiger partial charge in [0.25, 0.3) is 0 Å². The van der Waals surface area contributed by atoms with E-state index in [2.05, 4.69) is 0 Å². The summed E-state index contributed by atoms with van der Waals surface area (Å²) in [7, 11) is 0. The Labute approximate surface area is 68.9 Å². The first kappa shape index (κ1) is 9.58. The van der Waals surface area contributed by atoms with Crippen LogP contribution in [0.5, 0.6) is 0 Å². The van der Waals surface area contributed by atoms with E-state index in [1.165, 1.54) is 13.0 Å². The highest BCUT2D eigenvalue weighted by Gasteiger charge is 2.40. The van der Waals surface area contributed by atoms with Gasteiger partial charge < -0.3 is 5.11 Å². The van der Waals surface area contributed by atoms with E-state index in [-0.39, 0.29) is 12.8 Å². The van der Waals surface area contributed by atoms with Crippen LogP contribution in [0, 0.1) is 5.92 Å². The molecule has 2 unspecified atom stereocenters. The highest BCUT2D eigenvalue weighted by Crippen LogP contribution is 2.36. The molecular weight excluding hydrogens is 169 g/mol. The van der Waals surface area contributed by atoms with Gasteiger partial charge in [0.15, 0.2) is 0 Å². The zero-order chi connectivity index (χ0) is 9.41. The maximum absolute atomic E-state index is 12.1. The van der Waals surface area contributed by atoms with Crippen molar-refractivity contribution in [3.05, 3.63) is 12.2 Å². The Morgan fingerprint density at radius 2 is 2.08 bits per heavy atom. The second kappa shape index (κ2) is 2.76. The molecule has 0 aromatic carbocycles. The summed E-state index contributed by atoms with van der Waals surface area (Å²) in [6, 6.07) is 0. The van der Waals surface area contributed by atoms with Crippen molar-refractivity contribution in [2.45, 2.75) is 31.5 Å². The molecule has 1 aliphatic carbocycles. The van der Waals surface area contributed by atoms with Crippen molar-refractivity contribution in [1.82, 2.24) is 0 Å². The van der Waals surface area contributed by atoms with E-state index in [1.54, 1.807) is 0 Å². The van der Waals surface area contributed by atoms with Gasteiger partial charge in [0.05, 0.1) is 11.5 Å². The van der Waals surface area contributed by atoms with Crippen LogP contribution in [0.15, 0.2) is 12.2 Å². The Morgan fingerprint density at radius 1 is 1.50 bits per heavy atom. The minimum Gasteiger partial charge on any atom is -0.386 e. The van der Waals surface area contributed by atoms with Gasteiger partial charge in [-0.25, -0.2) is 0 Å². The molecule has 0 bridgehead atoms. The summed E-state index contributed by atoms with van der Waals surface area (Å²) in [4.78, 5) is 0. The van der Waals surface area contributed by atoms with Crippen LogP contribution in [0.4, 0.5) is 13.2 Å². The summed E-state index contributed by atoms with van der Waals surface area (Å²) in [5, 5.41) is 9.30. The molecule has 0 aromatic rings. The zero-order valence-electron chi connectivity index (χ0n) is 6.73. The van der Waals surface area contributed by atoms with Crippen LogP contribution >= 0.6 is 0 Å². The molecule has 1 N–H and O–H groups in total. The number of allylic oxidation sites excluding steroid dienone is 1. The highest BCUT2D eigenvalue weighted by atomic mass is 19.4. The number of halogens is 3. The summed E-state index contributed by atoms with van der Waals surface area (Å²) in [6.07, 6.45) is -1.73. The maximum atomic E-state index is 12.1. The lowest BCUT2D eigenvalue weighted by atomic mass is 9.86. The van der Waals surface area contributed by atoms with E-state index in [4.69, 9.17) is 0 Å². The average molecular weight is 180 g/mol. The number of hydrogen-bond acceptors (Lipinski definition) is 1. The molecule has 0 aromatic heterocycles. The maximum Gasteiger partial charge on any atom is 0.395 e. The Bertz CT molecular complexity index is 193. The quantitative estimate of drug-likeness (QED) is 0.567. The summed E-state index contributed by atoms with van der Waals surface area (Å²) < 4.78 is 36.2. The van der Waals surface area contributed by atoms with E-state index in [0.717, 1.165) is 6.08 Å². The lowest BCUT2D eigenvalue weighted by Crippen LogP contribution is -2.31. The minimum atomic E-state index is -4.16. The molecular formula is C8H11F3O. The fourth-order valence-electron chi connectivity index (χ4n) is 1.22. The first-order chi connectivity index (χ1) is 5.31. The third-order valence-corrected chi connectivity index (χ3v) is 2.07. The lowest BCUT2D eigenvalue weighted by molar-refractivity contribution is -0.166. The second-order valence-corrected chi connectivity index (χ2v) is 3.40. The normalized spacial score (nSPS) is 36.9. The van der Waals surface area contributed by atoms with Crippen LogP contribution in [0.3, 0.4) is 0 Å². The first-order valence-electron chi connectivity index (χ1n) is 3.80. The molecule has 0 fully saturated rings. The predicted molar refractivity (Wildman–Crippen MR) is 38.5 cm³/mol. The molecule has 2 atom stereocenters. The Kier molecular flexibility index (Phi) is 2.21. The van der Waals surface area contributed by atoms with E-state index >= 15 is 0 Å². The third kappa shape index (κ3) is 2.24. The number of rotatable bonds is 0. The molecule has 0 saturated heterocycles. The van der Waals surface area contributed by atoms with Gasteiger partial charge in [-0.15, -0.1) is 0 Å². The van der Waals surface area contributed by atoms with Crippen molar-refractivity contribution < 1.29 is 18.3 Å². The summed E-state index contributed by atoms with van der Waals surface area (Å²) >= 11 is 0. The third-order valence-electron chi connectivity index (χ3n) is 2.07. The van der Waals surface area contributed by atoms with Gasteiger partial charge >= 0.3 is 6.18 Å². The van der Waals surface area contributed by atoms with Gasteiger partial charge in [0.1, 0.15) is 0 Å². The predicted octanol–water partition coefficient (Wildman–Crippen LogP) is 2.27. The van der Waals surface area contributed by atoms with Gasteiger partial charge in [-0.3, -0.25) is 0 Å². The fraction of sp³-hybridized carbons (Fsp3) is 0.750. The van der Waals surface area contributed by atoms with Crippen LogP contribution in [0.25, 0.3) is 0 Å². The number of aliphatic hydroxyl groups is 1. The monoisotopic (exact) mass is 180 g/mol. The smallest absolute Gasteiger partial charge is 0.386 e. The molecule has 1 aliphatic rings. The van der Waals surface area contributed by atoms with Crippen molar-refractivity contribution in [3.8, 4) is 0 Å². The fourth-order valence-corrected chi connectivity index (χ4v) is 1.22. The van der Waals surface area contributed by atoms with Crippen LogP contribution in [0.2, 0.25) is 0 Å². The van der Waals surface area contributed by atoms with Crippen LogP contribution in [0.1, 0.15) is 19.8 Å². The van der Waals surface area contributed by atoms with Crippen LogP contribution in [-0.4, -0.2) is 16.9 Å². The van der Waals surface area contributed by atoms with Gasteiger partial charge in [-0.1, -0.05) is 12.2 Å². The van der Waals surface area contributed by atoms with Crippen molar-refractivity contribution in [2.75, 3.05) is 0 Å². The van der Waals surface area contributed by atoms with Crippen molar-refractivity contribution in [1.29, 1.82) is 0 Å². The van der Waals surface area contributed by atoms with Crippen LogP contribution in [-0.2, 0) is 0 Å². The molecule has 0 amide bonds. The Balaban J connectivity index is 2.67. The lowest BCUT2D eigenvalue weighted by Gasteiger charge is -2.28. The van der Waals surface area contributed by atoms with Crippen LogP contribution < -0.4 is 0 Å². The average Bonchev–Trinajstić information content (AvgIpc) is 1.83. The molecule has 1 nitrogen and oxygen atoms in total. The molecule has 12 heavy (non-hydrogen) atoms. The SMILES string of the molecule is CC1(O)C=CC(C(F)(F)F)CC1. The topological polar surface area (TPSA) is 20.2 Å². The van der Waals surface area contributed by atoms with Gasteiger partial charge in [-0.2, -0.15) is 13.2 Å². The molecule has 0 spiro atoms. The number of alkyl halides is 3. The van der Waals surface area contributed by atoms with E-state index in [9.17, 15) is 18.3 Å². The molecule has 1 rings (SSSR count). The number of hydrogen-bond donors (Lipinski definition) is 1. The molecule has 0 radical (unpaired) electrons. The van der Waals surface area contributed by atoms with Crippen molar-refractivity contribution in [2.24, 2.45) is 5.92 Å². The largest absolute Gasteiger partial charge is 0.395 e. The summed E-state index contributed by atoms with van der Waals surface area (Å²) in [5.74, 6) is -1.38. The molecule has 4 heteroatoms. The molecule has 0 aliphatic heterocycles. The first-order valence-corrected chi connectivity index (χ1v) is 3.80. The van der Waals surface area contributed by atoms with Crippen molar-refractivity contribution >= 4 is 0 Å². The minimum absolute atomic E-state index is 0.0208. The second-order valence-electron chi connectivity index (χ2n) is 3.40. The molecule has 0 heterocycles. The molecule has 70 valence electrons. The van der Waals surface area contributed by atoms with E-state index < -0.39 is 17.7 Å². The zero-order valence-corrected chi connectivity index (χ0v) is 6.73. The van der Waals surface area contributed by atoms with Crippen molar-refractivity contribution in [3.63, 3.8) is 0 Å². The molecule has 0 saturated carbocycles.